The number of aromatic amines is 1. The van der Waals surface area contributed by atoms with Gasteiger partial charge in [-0.05, 0) is 0 Å². The Hall–Kier alpha value is -2.33. The molecule has 18 heavy (non-hydrogen) atoms. The first-order valence-corrected chi connectivity index (χ1v) is 5.29. The molecular weight excluding hydrogens is 258 g/mol. The van der Waals surface area contributed by atoms with Crippen LogP contribution in [-0.4, -0.2) is 20.7 Å². The van der Waals surface area contributed by atoms with Gasteiger partial charge in [0.05, 0.1) is 5.39 Å². The van der Waals surface area contributed by atoms with Crippen molar-refractivity contribution in [2.45, 2.75) is 6.92 Å². The fourth-order valence-electron chi connectivity index (χ4n) is 1.60. The summed E-state index contributed by atoms with van der Waals surface area (Å²) < 4.78 is 1.06. The van der Waals surface area contributed by atoms with E-state index in [1.165, 1.54) is 14.0 Å². The summed E-state index contributed by atoms with van der Waals surface area (Å²) >= 11 is 5.91. The molecule has 0 radical (unpaired) electrons. The van der Waals surface area contributed by atoms with E-state index in [9.17, 15) is 9.59 Å². The van der Waals surface area contributed by atoms with Gasteiger partial charge in [-0.2, -0.15) is 10.4 Å². The second kappa shape index (κ2) is 4.16. The number of fused-ring (bicyclic) bond motifs is 1. The second-order valence-electron chi connectivity index (χ2n) is 3.63. The molecule has 0 atom stereocenters. The second-order valence-corrected chi connectivity index (χ2v) is 4.01. The third kappa shape index (κ3) is 1.72. The molecule has 2 heterocycles. The minimum atomic E-state index is -0.506. The van der Waals surface area contributed by atoms with Gasteiger partial charge in [-0.3, -0.25) is 9.59 Å². The minimum absolute atomic E-state index is 0.0930. The number of aryl methyl sites for hydroxylation is 1. The Morgan fingerprint density at radius 3 is 2.83 bits per heavy atom. The zero-order valence-electron chi connectivity index (χ0n) is 9.54. The molecule has 0 saturated carbocycles. The predicted octanol–water partition coefficient (Wildman–Crippen LogP) is 0.745. The van der Waals surface area contributed by atoms with Crippen LogP contribution < -0.4 is 10.9 Å². The van der Waals surface area contributed by atoms with Crippen molar-refractivity contribution in [1.82, 2.24) is 14.8 Å². The summed E-state index contributed by atoms with van der Waals surface area (Å²) in [6.45, 7) is 1.31. The van der Waals surface area contributed by atoms with Crippen LogP contribution in [0.15, 0.2) is 4.79 Å². The summed E-state index contributed by atoms with van der Waals surface area (Å²) in [6.07, 6.45) is 0. The molecule has 0 aliphatic carbocycles. The van der Waals surface area contributed by atoms with Crippen molar-refractivity contribution < 1.29 is 4.79 Å². The maximum Gasteiger partial charge on any atom is 0.286 e. The quantitative estimate of drug-likeness (QED) is 0.794. The Bertz CT molecular complexity index is 752. The average molecular weight is 266 g/mol. The topological polar surface area (TPSA) is 104 Å². The Morgan fingerprint density at radius 2 is 2.28 bits per heavy atom. The Labute approximate surface area is 106 Å². The summed E-state index contributed by atoms with van der Waals surface area (Å²) in [5.74, 6) is -0.166. The van der Waals surface area contributed by atoms with E-state index < -0.39 is 5.56 Å². The molecule has 0 aliphatic heterocycles. The Kier molecular flexibility index (Phi) is 2.80. The zero-order valence-corrected chi connectivity index (χ0v) is 10.3. The first-order chi connectivity index (χ1) is 8.45. The van der Waals surface area contributed by atoms with Gasteiger partial charge < -0.3 is 10.3 Å². The normalized spacial score (nSPS) is 10.3. The van der Waals surface area contributed by atoms with Crippen LogP contribution in [0.3, 0.4) is 0 Å². The summed E-state index contributed by atoms with van der Waals surface area (Å²) in [5.41, 5.74) is -0.146. The van der Waals surface area contributed by atoms with Gasteiger partial charge in [0.2, 0.25) is 5.91 Å². The van der Waals surface area contributed by atoms with Crippen LogP contribution in [0.4, 0.5) is 5.82 Å². The third-order valence-electron chi connectivity index (χ3n) is 2.34. The molecule has 2 aromatic heterocycles. The van der Waals surface area contributed by atoms with Crippen LogP contribution in [0.25, 0.3) is 11.0 Å². The van der Waals surface area contributed by atoms with Gasteiger partial charge in [-0.25, -0.2) is 4.68 Å². The zero-order chi connectivity index (χ0) is 13.4. The number of H-pyrrole nitrogens is 1. The van der Waals surface area contributed by atoms with E-state index in [1.54, 1.807) is 0 Å². The van der Waals surface area contributed by atoms with Crippen molar-refractivity contribution in [3.05, 3.63) is 20.9 Å². The molecule has 0 fully saturated rings. The molecule has 92 valence electrons. The fourth-order valence-corrected chi connectivity index (χ4v) is 1.91. The van der Waals surface area contributed by atoms with Gasteiger partial charge >= 0.3 is 0 Å². The highest BCUT2D eigenvalue weighted by atomic mass is 35.5. The lowest BCUT2D eigenvalue weighted by atomic mass is 10.2. The van der Waals surface area contributed by atoms with E-state index in [0.29, 0.717) is 0 Å². The summed E-state index contributed by atoms with van der Waals surface area (Å²) in [4.78, 5) is 25.4. The van der Waals surface area contributed by atoms with E-state index in [4.69, 9.17) is 16.9 Å². The lowest BCUT2D eigenvalue weighted by Crippen LogP contribution is -2.19. The maximum absolute atomic E-state index is 11.6. The maximum atomic E-state index is 11.6. The minimum Gasteiger partial charge on any atom is -0.323 e. The van der Waals surface area contributed by atoms with Gasteiger partial charge in [-0.1, -0.05) is 11.6 Å². The lowest BCUT2D eigenvalue weighted by Gasteiger charge is -1.98. The first-order valence-electron chi connectivity index (χ1n) is 4.92. The number of rotatable bonds is 1. The van der Waals surface area contributed by atoms with Crippen molar-refractivity contribution >= 4 is 34.4 Å². The number of nitrogens with zero attached hydrogens (tertiary/aromatic N) is 3. The molecule has 0 spiro atoms. The number of carbonyl (C=O) groups is 1. The molecule has 0 unspecified atom stereocenters. The predicted molar refractivity (Wildman–Crippen MR) is 65.4 cm³/mol. The van der Waals surface area contributed by atoms with Crippen molar-refractivity contribution in [3.8, 4) is 6.07 Å². The van der Waals surface area contributed by atoms with Crippen molar-refractivity contribution in [2.75, 3.05) is 5.32 Å². The molecule has 2 aromatic rings. The van der Waals surface area contributed by atoms with Crippen LogP contribution in [0, 0.1) is 11.3 Å². The molecule has 0 aliphatic rings. The summed E-state index contributed by atoms with van der Waals surface area (Å²) in [6, 6.07) is 1.89. The largest absolute Gasteiger partial charge is 0.323 e. The van der Waals surface area contributed by atoms with E-state index in [-0.39, 0.29) is 33.3 Å². The molecule has 0 bridgehead atoms. The van der Waals surface area contributed by atoms with E-state index in [1.807, 2.05) is 6.07 Å². The number of nitrogens with one attached hydrogen (secondary N) is 2. The number of nitriles is 1. The van der Waals surface area contributed by atoms with Gasteiger partial charge in [-0.15, -0.1) is 0 Å². The summed E-state index contributed by atoms with van der Waals surface area (Å²) in [5, 5.41) is 15.6. The number of hydrogen-bond acceptors (Lipinski definition) is 4. The Morgan fingerprint density at radius 1 is 1.61 bits per heavy atom. The average Bonchev–Trinajstić information content (AvgIpc) is 2.62. The molecule has 1 amide bonds. The number of amides is 1. The molecular formula is C10H8ClN5O2. The number of halogens is 1. The van der Waals surface area contributed by atoms with Crippen molar-refractivity contribution in [2.24, 2.45) is 7.05 Å². The lowest BCUT2D eigenvalue weighted by molar-refractivity contribution is -0.114. The highest BCUT2D eigenvalue weighted by Crippen LogP contribution is 2.27. The van der Waals surface area contributed by atoms with Gasteiger partial charge in [0.25, 0.3) is 5.56 Å². The fraction of sp³-hybridized carbons (Fsp3) is 0.200. The first kappa shape index (κ1) is 12.1. The van der Waals surface area contributed by atoms with Crippen LogP contribution in [0.2, 0.25) is 5.02 Å². The van der Waals surface area contributed by atoms with Gasteiger partial charge in [0, 0.05) is 14.0 Å². The van der Waals surface area contributed by atoms with Gasteiger partial charge in [0.1, 0.15) is 22.5 Å². The molecule has 0 saturated heterocycles. The van der Waals surface area contributed by atoms with Crippen LogP contribution >= 0.6 is 11.6 Å². The highest BCUT2D eigenvalue weighted by molar-refractivity contribution is 6.35. The van der Waals surface area contributed by atoms with Crippen molar-refractivity contribution in [1.29, 1.82) is 5.26 Å². The standard InChI is InChI=1S/C10H8ClN5O2/c1-4(17)13-8-5(3-12)6-7(11)10(18)16(2)15-9(6)14-8/h1-2H3,(H,13,17)(H,14,15). The Balaban J connectivity index is 2.87. The smallest absolute Gasteiger partial charge is 0.286 e. The van der Waals surface area contributed by atoms with E-state index in [0.717, 1.165) is 4.68 Å². The molecule has 2 rings (SSSR count). The van der Waals surface area contributed by atoms with Gasteiger partial charge in [0.15, 0.2) is 5.65 Å². The van der Waals surface area contributed by atoms with E-state index >= 15 is 0 Å². The van der Waals surface area contributed by atoms with Crippen LogP contribution in [0.5, 0.6) is 0 Å². The molecule has 7 nitrogen and oxygen atoms in total. The van der Waals surface area contributed by atoms with E-state index in [2.05, 4.69) is 15.4 Å². The monoisotopic (exact) mass is 265 g/mol. The van der Waals surface area contributed by atoms with Crippen LogP contribution in [-0.2, 0) is 11.8 Å². The molecule has 8 heteroatoms. The highest BCUT2D eigenvalue weighted by Gasteiger charge is 2.19. The van der Waals surface area contributed by atoms with Crippen molar-refractivity contribution in [3.63, 3.8) is 0 Å². The number of anilines is 1. The summed E-state index contributed by atoms with van der Waals surface area (Å²) in [7, 11) is 1.44. The number of hydrogen-bond donors (Lipinski definition) is 2. The number of carbonyl (C=O) groups excluding carboxylic acids is 1. The van der Waals surface area contributed by atoms with Crippen LogP contribution in [0.1, 0.15) is 12.5 Å². The third-order valence-corrected chi connectivity index (χ3v) is 2.69. The molecule has 0 aromatic carbocycles. The number of aromatic nitrogens is 3. The molecule has 2 N–H and O–H groups in total. The SMILES string of the molecule is CC(=O)Nc1[nH]c2nn(C)c(=O)c(Cl)c2c1C#N.